The fraction of sp³-hybridized carbons (Fsp3) is 0.600. The molecule has 2 heterocycles. The SMILES string of the molecule is O=C(c1cccc(Cl)n1)N1CC(F)(F)C(O)C12CCC(F)(F)CC2. The number of rotatable bonds is 1. The number of halogens is 5. The normalized spacial score (nSPS) is 27.4. The molecule has 1 saturated carbocycles. The molecule has 2 fully saturated rings. The van der Waals surface area contributed by atoms with Crippen LogP contribution >= 0.6 is 11.6 Å². The van der Waals surface area contributed by atoms with E-state index in [1.54, 1.807) is 0 Å². The van der Waals surface area contributed by atoms with Gasteiger partial charge in [0.15, 0.2) is 0 Å². The lowest BCUT2D eigenvalue weighted by molar-refractivity contribution is -0.127. The van der Waals surface area contributed by atoms with Crippen LogP contribution in [0.3, 0.4) is 0 Å². The Morgan fingerprint density at radius 3 is 2.42 bits per heavy atom. The fourth-order valence-electron chi connectivity index (χ4n) is 3.53. The number of aromatic nitrogens is 1. The largest absolute Gasteiger partial charge is 0.384 e. The van der Waals surface area contributed by atoms with E-state index < -0.39 is 61.6 Å². The van der Waals surface area contributed by atoms with E-state index in [-0.39, 0.29) is 10.8 Å². The molecule has 1 N–H and O–H groups in total. The van der Waals surface area contributed by atoms with E-state index in [1.165, 1.54) is 18.2 Å². The van der Waals surface area contributed by atoms with Crippen LogP contribution in [0.15, 0.2) is 18.2 Å². The third-order valence-electron chi connectivity index (χ3n) is 4.84. The van der Waals surface area contributed by atoms with Crippen LogP contribution in [0.25, 0.3) is 0 Å². The quantitative estimate of drug-likeness (QED) is 0.613. The number of aliphatic hydroxyl groups excluding tert-OH is 1. The van der Waals surface area contributed by atoms with Crippen molar-refractivity contribution in [2.75, 3.05) is 6.54 Å². The van der Waals surface area contributed by atoms with Gasteiger partial charge in [-0.15, -0.1) is 0 Å². The summed E-state index contributed by atoms with van der Waals surface area (Å²) in [4.78, 5) is 17.2. The molecule has 1 aromatic rings. The predicted molar refractivity (Wildman–Crippen MR) is 77.4 cm³/mol. The highest BCUT2D eigenvalue weighted by molar-refractivity contribution is 6.29. The molecule has 2 aliphatic rings. The Kier molecular flexibility index (Phi) is 4.03. The van der Waals surface area contributed by atoms with Gasteiger partial charge < -0.3 is 10.0 Å². The Bertz CT molecular complexity index is 661. The van der Waals surface area contributed by atoms with Gasteiger partial charge in [-0.2, -0.15) is 0 Å². The first kappa shape index (κ1) is 17.4. The minimum Gasteiger partial charge on any atom is -0.384 e. The third-order valence-corrected chi connectivity index (χ3v) is 5.05. The van der Waals surface area contributed by atoms with E-state index in [4.69, 9.17) is 11.6 Å². The van der Waals surface area contributed by atoms with Crippen LogP contribution in [-0.4, -0.2) is 50.9 Å². The van der Waals surface area contributed by atoms with Gasteiger partial charge in [0.1, 0.15) is 17.0 Å². The van der Waals surface area contributed by atoms with Crippen LogP contribution in [0, 0.1) is 0 Å². The summed E-state index contributed by atoms with van der Waals surface area (Å²) < 4.78 is 55.1. The Hall–Kier alpha value is -1.41. The van der Waals surface area contributed by atoms with Crippen LogP contribution in [0.2, 0.25) is 5.15 Å². The maximum Gasteiger partial charge on any atom is 0.292 e. The van der Waals surface area contributed by atoms with Gasteiger partial charge in [0.05, 0.1) is 12.1 Å². The van der Waals surface area contributed by atoms with Gasteiger partial charge in [-0.3, -0.25) is 4.79 Å². The zero-order chi connectivity index (χ0) is 17.8. The Morgan fingerprint density at radius 2 is 1.83 bits per heavy atom. The Labute approximate surface area is 140 Å². The molecule has 0 bridgehead atoms. The van der Waals surface area contributed by atoms with E-state index in [9.17, 15) is 27.5 Å². The van der Waals surface area contributed by atoms with E-state index >= 15 is 0 Å². The van der Waals surface area contributed by atoms with Crippen LogP contribution in [0.5, 0.6) is 0 Å². The predicted octanol–water partition coefficient (Wildman–Crippen LogP) is 3.14. The van der Waals surface area contributed by atoms with E-state index in [1.807, 2.05) is 0 Å². The molecule has 1 atom stereocenters. The number of pyridine rings is 1. The van der Waals surface area contributed by atoms with Gasteiger partial charge in [-0.05, 0) is 25.0 Å². The van der Waals surface area contributed by atoms with E-state index in [0.717, 1.165) is 4.90 Å². The number of hydrogen-bond acceptors (Lipinski definition) is 3. The zero-order valence-corrected chi connectivity index (χ0v) is 13.2. The first-order chi connectivity index (χ1) is 11.1. The minimum atomic E-state index is -3.57. The second-order valence-corrected chi connectivity index (χ2v) is 6.75. The van der Waals surface area contributed by atoms with E-state index in [0.29, 0.717) is 0 Å². The summed E-state index contributed by atoms with van der Waals surface area (Å²) in [5.41, 5.74) is -1.88. The standard InChI is InChI=1S/C15H15ClF4N2O2/c16-10-3-1-2-9(21-10)11(23)22-8-15(19,20)12(24)13(22)4-6-14(17,18)7-5-13/h1-3,12,24H,4-8H2. The highest BCUT2D eigenvalue weighted by Gasteiger charge is 2.66. The van der Waals surface area contributed by atoms with Crippen molar-refractivity contribution in [3.8, 4) is 0 Å². The topological polar surface area (TPSA) is 53.4 Å². The van der Waals surface area contributed by atoms with Crippen molar-refractivity contribution in [1.29, 1.82) is 0 Å². The summed E-state index contributed by atoms with van der Waals surface area (Å²) in [6, 6.07) is 4.17. The Morgan fingerprint density at radius 1 is 1.21 bits per heavy atom. The molecule has 1 saturated heterocycles. The lowest BCUT2D eigenvalue weighted by Gasteiger charge is -2.44. The molecule has 1 spiro atoms. The summed E-state index contributed by atoms with van der Waals surface area (Å²) in [7, 11) is 0. The van der Waals surface area contributed by atoms with Crippen molar-refractivity contribution in [3.63, 3.8) is 0 Å². The fourth-order valence-corrected chi connectivity index (χ4v) is 3.69. The lowest BCUT2D eigenvalue weighted by Crippen LogP contribution is -2.57. The minimum absolute atomic E-state index is 0.0107. The summed E-state index contributed by atoms with van der Waals surface area (Å²) in [5, 5.41) is 10.1. The molecule has 4 nitrogen and oxygen atoms in total. The summed E-state index contributed by atoms with van der Waals surface area (Å²) in [6.07, 6.45) is -4.31. The summed E-state index contributed by atoms with van der Waals surface area (Å²) >= 11 is 5.72. The van der Waals surface area contributed by atoms with Crippen molar-refractivity contribution in [1.82, 2.24) is 9.88 Å². The molecular weight excluding hydrogens is 352 g/mol. The number of likely N-dealkylation sites (tertiary alicyclic amines) is 1. The summed E-state index contributed by atoms with van der Waals surface area (Å²) in [6.45, 7) is -1.03. The molecule has 0 radical (unpaired) electrons. The first-order valence-corrected chi connectivity index (χ1v) is 7.83. The van der Waals surface area contributed by atoms with Crippen LogP contribution < -0.4 is 0 Å². The van der Waals surface area contributed by atoms with Gasteiger partial charge in [0.2, 0.25) is 5.92 Å². The van der Waals surface area contributed by atoms with Crippen molar-refractivity contribution < 1.29 is 27.5 Å². The summed E-state index contributed by atoms with van der Waals surface area (Å²) in [5.74, 6) is -7.40. The highest BCUT2D eigenvalue weighted by Crippen LogP contribution is 2.51. The van der Waals surface area contributed by atoms with Gasteiger partial charge in [-0.25, -0.2) is 22.5 Å². The number of nitrogens with zero attached hydrogens (tertiary/aromatic N) is 2. The zero-order valence-electron chi connectivity index (χ0n) is 12.5. The number of aliphatic hydroxyl groups is 1. The second kappa shape index (κ2) is 5.56. The molecule has 0 aromatic carbocycles. The highest BCUT2D eigenvalue weighted by atomic mass is 35.5. The molecule has 132 valence electrons. The molecular formula is C15H15ClF4N2O2. The van der Waals surface area contributed by atoms with Gasteiger partial charge >= 0.3 is 0 Å². The maximum absolute atomic E-state index is 14.1. The number of alkyl halides is 4. The van der Waals surface area contributed by atoms with Crippen molar-refractivity contribution in [3.05, 3.63) is 29.0 Å². The number of hydrogen-bond donors (Lipinski definition) is 1. The monoisotopic (exact) mass is 366 g/mol. The van der Waals surface area contributed by atoms with Crippen molar-refractivity contribution in [2.45, 2.75) is 49.2 Å². The lowest BCUT2D eigenvalue weighted by atomic mass is 9.76. The Balaban J connectivity index is 1.97. The number of carbonyl (C=O) groups excluding carboxylic acids is 1. The molecule has 1 amide bonds. The average Bonchev–Trinajstić information content (AvgIpc) is 2.71. The molecule has 1 aliphatic heterocycles. The van der Waals surface area contributed by atoms with Crippen LogP contribution in [0.4, 0.5) is 17.6 Å². The van der Waals surface area contributed by atoms with Gasteiger partial charge in [-0.1, -0.05) is 17.7 Å². The van der Waals surface area contributed by atoms with Crippen molar-refractivity contribution in [2.24, 2.45) is 0 Å². The molecule has 1 unspecified atom stereocenters. The van der Waals surface area contributed by atoms with Crippen molar-refractivity contribution >= 4 is 17.5 Å². The maximum atomic E-state index is 14.1. The van der Waals surface area contributed by atoms with Crippen LogP contribution in [0.1, 0.15) is 36.2 Å². The smallest absolute Gasteiger partial charge is 0.292 e. The van der Waals surface area contributed by atoms with Gasteiger partial charge in [0, 0.05) is 12.8 Å². The third kappa shape index (κ3) is 2.75. The molecule has 9 heteroatoms. The van der Waals surface area contributed by atoms with Gasteiger partial charge in [0.25, 0.3) is 11.8 Å². The number of carbonyl (C=O) groups is 1. The first-order valence-electron chi connectivity index (χ1n) is 7.46. The molecule has 1 aromatic heterocycles. The van der Waals surface area contributed by atoms with Crippen LogP contribution in [-0.2, 0) is 0 Å². The molecule has 1 aliphatic carbocycles. The average molecular weight is 367 g/mol. The molecule has 3 rings (SSSR count). The van der Waals surface area contributed by atoms with E-state index in [2.05, 4.69) is 4.98 Å². The number of amides is 1. The molecule has 24 heavy (non-hydrogen) atoms. The second-order valence-electron chi connectivity index (χ2n) is 6.36.